The van der Waals surface area contributed by atoms with E-state index in [1.54, 1.807) is 0 Å². The second kappa shape index (κ2) is 5.17. The fourth-order valence-electron chi connectivity index (χ4n) is 2.84. The summed E-state index contributed by atoms with van der Waals surface area (Å²) in [5, 5.41) is 3.51. The maximum atomic E-state index is 5.70. The first-order valence-electron chi connectivity index (χ1n) is 6.51. The molecule has 1 N–H and O–H groups in total. The largest absolute Gasteiger partial charge is 0.378 e. The third-order valence-electron chi connectivity index (χ3n) is 3.80. The van der Waals surface area contributed by atoms with Gasteiger partial charge in [0.05, 0.1) is 13.2 Å². The molecule has 0 aromatic heterocycles. The van der Waals surface area contributed by atoms with E-state index in [2.05, 4.69) is 40.5 Å². The molecule has 0 unspecified atom stereocenters. The molecule has 92 valence electrons. The molecule has 0 amide bonds. The number of morpholine rings is 1. The Morgan fingerprint density at radius 1 is 1.18 bits per heavy atom. The van der Waals surface area contributed by atoms with Crippen molar-refractivity contribution in [3.8, 4) is 0 Å². The van der Waals surface area contributed by atoms with Crippen LogP contribution in [0.25, 0.3) is 0 Å². The van der Waals surface area contributed by atoms with E-state index in [1.165, 1.54) is 12.0 Å². The highest BCUT2D eigenvalue weighted by atomic mass is 16.5. The number of nitrogens with one attached hydrogen (secondary N) is 1. The Kier molecular flexibility index (Phi) is 3.41. The van der Waals surface area contributed by atoms with Crippen LogP contribution in [0.15, 0.2) is 30.3 Å². The van der Waals surface area contributed by atoms with Crippen molar-refractivity contribution >= 4 is 0 Å². The highest BCUT2D eigenvalue weighted by Crippen LogP contribution is 2.21. The van der Waals surface area contributed by atoms with E-state index in [0.717, 1.165) is 32.8 Å². The quantitative estimate of drug-likeness (QED) is 0.830. The van der Waals surface area contributed by atoms with Crippen molar-refractivity contribution in [1.82, 2.24) is 10.2 Å². The SMILES string of the molecule is c1ccc(CN2[C@@H]3CNCC[C@H]2COC3)cc1. The summed E-state index contributed by atoms with van der Waals surface area (Å²) in [5.41, 5.74) is 1.41. The van der Waals surface area contributed by atoms with E-state index in [4.69, 9.17) is 4.74 Å². The zero-order valence-electron chi connectivity index (χ0n) is 10.1. The molecule has 3 rings (SSSR count). The van der Waals surface area contributed by atoms with Gasteiger partial charge >= 0.3 is 0 Å². The second-order valence-corrected chi connectivity index (χ2v) is 5.00. The first kappa shape index (κ1) is 11.2. The maximum Gasteiger partial charge on any atom is 0.0635 e. The monoisotopic (exact) mass is 232 g/mol. The molecule has 0 aliphatic carbocycles. The van der Waals surface area contributed by atoms with Gasteiger partial charge in [0.1, 0.15) is 0 Å². The van der Waals surface area contributed by atoms with Crippen LogP contribution in [-0.4, -0.2) is 43.3 Å². The molecule has 0 spiro atoms. The van der Waals surface area contributed by atoms with Crippen LogP contribution in [-0.2, 0) is 11.3 Å². The van der Waals surface area contributed by atoms with Crippen molar-refractivity contribution in [3.05, 3.63) is 35.9 Å². The van der Waals surface area contributed by atoms with Crippen LogP contribution < -0.4 is 5.32 Å². The summed E-state index contributed by atoms with van der Waals surface area (Å²) in [4.78, 5) is 2.62. The van der Waals surface area contributed by atoms with Crippen molar-refractivity contribution in [2.45, 2.75) is 25.0 Å². The number of rotatable bonds is 2. The van der Waals surface area contributed by atoms with Gasteiger partial charge in [-0.25, -0.2) is 0 Å². The molecule has 2 aliphatic rings. The standard InChI is InChI=1S/C14H20N2O/c1-2-4-12(5-3-1)9-16-13-6-7-15-8-14(16)11-17-10-13/h1-5,13-15H,6-11H2/t13-,14+/m0/s1. The van der Waals surface area contributed by atoms with Crippen molar-refractivity contribution in [3.63, 3.8) is 0 Å². The number of fused-ring (bicyclic) bond motifs is 2. The molecule has 3 heteroatoms. The Hall–Kier alpha value is -0.900. The van der Waals surface area contributed by atoms with E-state index in [1.807, 2.05) is 0 Å². The zero-order valence-corrected chi connectivity index (χ0v) is 10.1. The van der Waals surface area contributed by atoms with E-state index in [-0.39, 0.29) is 0 Å². The van der Waals surface area contributed by atoms with Gasteiger partial charge in [0.25, 0.3) is 0 Å². The predicted molar refractivity (Wildman–Crippen MR) is 67.9 cm³/mol. The summed E-state index contributed by atoms with van der Waals surface area (Å²) in [7, 11) is 0. The number of ether oxygens (including phenoxy) is 1. The fraction of sp³-hybridized carbons (Fsp3) is 0.571. The highest BCUT2D eigenvalue weighted by molar-refractivity contribution is 5.15. The van der Waals surface area contributed by atoms with Gasteiger partial charge < -0.3 is 10.1 Å². The Bertz CT molecular complexity index is 340. The van der Waals surface area contributed by atoms with E-state index in [0.29, 0.717) is 12.1 Å². The van der Waals surface area contributed by atoms with Gasteiger partial charge in [-0.15, -0.1) is 0 Å². The van der Waals surface area contributed by atoms with Gasteiger partial charge in [0.15, 0.2) is 0 Å². The van der Waals surface area contributed by atoms with Crippen LogP contribution in [0.4, 0.5) is 0 Å². The molecule has 1 aromatic carbocycles. The third-order valence-corrected chi connectivity index (χ3v) is 3.80. The number of nitrogens with zero attached hydrogens (tertiary/aromatic N) is 1. The Morgan fingerprint density at radius 2 is 2.00 bits per heavy atom. The van der Waals surface area contributed by atoms with Crippen LogP contribution in [0.5, 0.6) is 0 Å². The molecule has 17 heavy (non-hydrogen) atoms. The summed E-state index contributed by atoms with van der Waals surface area (Å²) in [6.07, 6.45) is 1.20. The summed E-state index contributed by atoms with van der Waals surface area (Å²) >= 11 is 0. The van der Waals surface area contributed by atoms with Crippen molar-refractivity contribution in [2.24, 2.45) is 0 Å². The van der Waals surface area contributed by atoms with Crippen molar-refractivity contribution < 1.29 is 4.74 Å². The van der Waals surface area contributed by atoms with Crippen molar-refractivity contribution in [2.75, 3.05) is 26.3 Å². The molecular formula is C14H20N2O. The van der Waals surface area contributed by atoms with E-state index in [9.17, 15) is 0 Å². The zero-order chi connectivity index (χ0) is 11.5. The van der Waals surface area contributed by atoms with Gasteiger partial charge in [-0.3, -0.25) is 4.90 Å². The molecule has 0 saturated carbocycles. The molecule has 1 aromatic rings. The minimum absolute atomic E-state index is 0.538. The van der Waals surface area contributed by atoms with E-state index >= 15 is 0 Å². The molecule has 2 atom stereocenters. The predicted octanol–water partition coefficient (Wildman–Crippen LogP) is 1.25. The average molecular weight is 232 g/mol. The average Bonchev–Trinajstić information content (AvgIpc) is 2.49. The maximum absolute atomic E-state index is 5.70. The lowest BCUT2D eigenvalue weighted by Gasteiger charge is -2.40. The minimum atomic E-state index is 0.538. The number of hydrogen-bond donors (Lipinski definition) is 1. The van der Waals surface area contributed by atoms with Gasteiger partial charge in [-0.05, 0) is 18.5 Å². The lowest BCUT2D eigenvalue weighted by atomic mass is 10.1. The number of benzene rings is 1. The Morgan fingerprint density at radius 3 is 2.88 bits per heavy atom. The highest BCUT2D eigenvalue weighted by Gasteiger charge is 2.32. The summed E-state index contributed by atoms with van der Waals surface area (Å²) in [6.45, 7) is 5.00. The normalized spacial score (nSPS) is 29.9. The third kappa shape index (κ3) is 2.51. The second-order valence-electron chi connectivity index (χ2n) is 5.00. The van der Waals surface area contributed by atoms with Crippen LogP contribution in [0.3, 0.4) is 0 Å². The molecule has 2 aliphatic heterocycles. The first-order chi connectivity index (χ1) is 8.43. The van der Waals surface area contributed by atoms with Crippen LogP contribution in [0.2, 0.25) is 0 Å². The summed E-state index contributed by atoms with van der Waals surface area (Å²) < 4.78 is 5.70. The summed E-state index contributed by atoms with van der Waals surface area (Å²) in [5.74, 6) is 0. The van der Waals surface area contributed by atoms with E-state index < -0.39 is 0 Å². The topological polar surface area (TPSA) is 24.5 Å². The van der Waals surface area contributed by atoms with Gasteiger partial charge in [-0.2, -0.15) is 0 Å². The lowest BCUT2D eigenvalue weighted by molar-refractivity contribution is -0.0466. The van der Waals surface area contributed by atoms with Gasteiger partial charge in [0, 0.05) is 25.2 Å². The molecule has 2 heterocycles. The Balaban J connectivity index is 1.76. The van der Waals surface area contributed by atoms with Gasteiger partial charge in [-0.1, -0.05) is 30.3 Å². The van der Waals surface area contributed by atoms with Gasteiger partial charge in [0.2, 0.25) is 0 Å². The molecule has 2 fully saturated rings. The molecule has 2 bridgehead atoms. The summed E-state index contributed by atoms with van der Waals surface area (Å²) in [6, 6.07) is 11.9. The van der Waals surface area contributed by atoms with Crippen LogP contribution in [0.1, 0.15) is 12.0 Å². The van der Waals surface area contributed by atoms with Crippen LogP contribution >= 0.6 is 0 Å². The first-order valence-corrected chi connectivity index (χ1v) is 6.51. The smallest absolute Gasteiger partial charge is 0.0635 e. The minimum Gasteiger partial charge on any atom is -0.378 e. The number of hydrogen-bond acceptors (Lipinski definition) is 3. The molecule has 3 nitrogen and oxygen atoms in total. The molecule has 2 saturated heterocycles. The molecular weight excluding hydrogens is 212 g/mol. The fourth-order valence-corrected chi connectivity index (χ4v) is 2.84. The lowest BCUT2D eigenvalue weighted by Crippen LogP contribution is -2.52. The van der Waals surface area contributed by atoms with Crippen LogP contribution in [0, 0.1) is 0 Å². The molecule has 0 radical (unpaired) electrons. The van der Waals surface area contributed by atoms with Crippen molar-refractivity contribution in [1.29, 1.82) is 0 Å². The Labute approximate surface area is 103 Å².